The zero-order valence-corrected chi connectivity index (χ0v) is 13.8. The molecule has 0 amide bonds. The standard InChI is InChI=1S/C15H12IN3S/c1-9-7-8-11(20-9)15-18-13(12(16)14(17)19-15)10-5-3-2-4-6-10/h2-8H,1H3,(H2,17,18,19). The summed E-state index contributed by atoms with van der Waals surface area (Å²) in [6.45, 7) is 2.07. The summed E-state index contributed by atoms with van der Waals surface area (Å²) in [5.74, 6) is 1.22. The first-order chi connectivity index (χ1) is 9.65. The number of halogens is 1. The third-order valence-corrected chi connectivity index (χ3v) is 4.94. The van der Waals surface area contributed by atoms with Crippen LogP contribution in [-0.2, 0) is 0 Å². The summed E-state index contributed by atoms with van der Waals surface area (Å²) in [5, 5.41) is 0. The highest BCUT2D eigenvalue weighted by Crippen LogP contribution is 2.31. The first kappa shape index (κ1) is 13.5. The molecule has 0 bridgehead atoms. The number of nitrogen functional groups attached to an aromatic ring is 1. The molecule has 0 spiro atoms. The fourth-order valence-electron chi connectivity index (χ4n) is 1.92. The van der Waals surface area contributed by atoms with Crippen molar-refractivity contribution in [1.29, 1.82) is 0 Å². The van der Waals surface area contributed by atoms with Crippen molar-refractivity contribution >= 4 is 39.7 Å². The Balaban J connectivity index is 2.18. The van der Waals surface area contributed by atoms with Crippen LogP contribution in [0.2, 0.25) is 0 Å². The Morgan fingerprint density at radius 3 is 2.45 bits per heavy atom. The van der Waals surface area contributed by atoms with Crippen LogP contribution in [0.15, 0.2) is 42.5 Å². The summed E-state index contributed by atoms with van der Waals surface area (Å²) in [6, 6.07) is 14.2. The minimum Gasteiger partial charge on any atom is -0.383 e. The average molecular weight is 393 g/mol. The summed E-state index contributed by atoms with van der Waals surface area (Å²) in [5.41, 5.74) is 7.99. The summed E-state index contributed by atoms with van der Waals surface area (Å²) in [4.78, 5) is 11.4. The molecule has 20 heavy (non-hydrogen) atoms. The molecule has 1 aromatic carbocycles. The van der Waals surface area contributed by atoms with Crippen LogP contribution in [0.25, 0.3) is 22.0 Å². The van der Waals surface area contributed by atoms with Crippen molar-refractivity contribution in [2.24, 2.45) is 0 Å². The van der Waals surface area contributed by atoms with E-state index in [-0.39, 0.29) is 0 Å². The summed E-state index contributed by atoms with van der Waals surface area (Å²) >= 11 is 3.88. The molecule has 100 valence electrons. The number of thiophene rings is 1. The van der Waals surface area contributed by atoms with E-state index in [1.54, 1.807) is 11.3 Å². The highest BCUT2D eigenvalue weighted by Gasteiger charge is 2.13. The quantitative estimate of drug-likeness (QED) is 0.658. The second-order valence-electron chi connectivity index (χ2n) is 4.37. The van der Waals surface area contributed by atoms with Crippen LogP contribution in [-0.4, -0.2) is 9.97 Å². The zero-order chi connectivity index (χ0) is 14.1. The number of rotatable bonds is 2. The molecule has 2 N–H and O–H groups in total. The van der Waals surface area contributed by atoms with E-state index in [9.17, 15) is 0 Å². The predicted molar refractivity (Wildman–Crippen MR) is 92.6 cm³/mol. The van der Waals surface area contributed by atoms with E-state index in [1.807, 2.05) is 36.4 Å². The van der Waals surface area contributed by atoms with Crippen LogP contribution in [0, 0.1) is 10.5 Å². The molecule has 0 aliphatic heterocycles. The molecule has 0 fully saturated rings. The van der Waals surface area contributed by atoms with Crippen molar-refractivity contribution < 1.29 is 0 Å². The Hall–Kier alpha value is -1.47. The van der Waals surface area contributed by atoms with Gasteiger partial charge in [0.1, 0.15) is 5.82 Å². The van der Waals surface area contributed by atoms with Gasteiger partial charge >= 0.3 is 0 Å². The topological polar surface area (TPSA) is 51.8 Å². The minimum atomic E-state index is 0.528. The van der Waals surface area contributed by atoms with Crippen LogP contribution >= 0.6 is 33.9 Å². The fourth-order valence-corrected chi connectivity index (χ4v) is 3.27. The van der Waals surface area contributed by atoms with Crippen LogP contribution in [0.3, 0.4) is 0 Å². The van der Waals surface area contributed by atoms with Crippen LogP contribution in [0.4, 0.5) is 5.82 Å². The Morgan fingerprint density at radius 2 is 1.80 bits per heavy atom. The summed E-state index contributed by atoms with van der Waals surface area (Å²) in [6.07, 6.45) is 0. The third kappa shape index (κ3) is 2.55. The van der Waals surface area contributed by atoms with Crippen molar-refractivity contribution in [3.63, 3.8) is 0 Å². The second kappa shape index (κ2) is 5.49. The molecule has 3 nitrogen and oxygen atoms in total. The number of hydrogen-bond acceptors (Lipinski definition) is 4. The number of aromatic nitrogens is 2. The Labute approximate surface area is 135 Å². The van der Waals surface area contributed by atoms with Gasteiger partial charge in [0.15, 0.2) is 5.82 Å². The van der Waals surface area contributed by atoms with Crippen molar-refractivity contribution in [2.75, 3.05) is 5.73 Å². The molecule has 0 saturated carbocycles. The number of anilines is 1. The van der Waals surface area contributed by atoms with Gasteiger partial charge in [-0.05, 0) is 41.6 Å². The lowest BCUT2D eigenvalue weighted by atomic mass is 10.1. The molecular formula is C15H12IN3S. The SMILES string of the molecule is Cc1ccc(-c2nc(N)c(I)c(-c3ccccc3)n2)s1. The van der Waals surface area contributed by atoms with E-state index in [0.717, 1.165) is 19.7 Å². The summed E-state index contributed by atoms with van der Waals surface area (Å²) in [7, 11) is 0. The van der Waals surface area contributed by atoms with Crippen molar-refractivity contribution in [1.82, 2.24) is 9.97 Å². The molecule has 0 atom stereocenters. The molecule has 0 radical (unpaired) electrons. The van der Waals surface area contributed by atoms with E-state index in [4.69, 9.17) is 10.7 Å². The number of aryl methyl sites for hydroxylation is 1. The molecule has 0 saturated heterocycles. The lowest BCUT2D eigenvalue weighted by Crippen LogP contribution is -2.01. The molecule has 0 unspecified atom stereocenters. The Bertz CT molecular complexity index is 753. The molecule has 2 aromatic heterocycles. The number of hydrogen-bond donors (Lipinski definition) is 1. The van der Waals surface area contributed by atoms with E-state index < -0.39 is 0 Å². The van der Waals surface area contributed by atoms with Gasteiger partial charge in [-0.15, -0.1) is 11.3 Å². The molecule has 5 heteroatoms. The predicted octanol–water partition coefficient (Wildman–Crippen LogP) is 4.37. The second-order valence-corrected chi connectivity index (χ2v) is 6.74. The van der Waals surface area contributed by atoms with Gasteiger partial charge in [-0.3, -0.25) is 0 Å². The highest BCUT2D eigenvalue weighted by atomic mass is 127. The number of nitrogens with zero attached hydrogens (tertiary/aromatic N) is 2. The third-order valence-electron chi connectivity index (χ3n) is 2.88. The van der Waals surface area contributed by atoms with E-state index >= 15 is 0 Å². The molecule has 3 aromatic rings. The molecule has 2 heterocycles. The lowest BCUT2D eigenvalue weighted by Gasteiger charge is -2.08. The first-order valence-corrected chi connectivity index (χ1v) is 8.00. The van der Waals surface area contributed by atoms with Gasteiger partial charge in [0.2, 0.25) is 0 Å². The van der Waals surface area contributed by atoms with Crippen LogP contribution in [0.5, 0.6) is 0 Å². The van der Waals surface area contributed by atoms with Gasteiger partial charge in [0.25, 0.3) is 0 Å². The van der Waals surface area contributed by atoms with Gasteiger partial charge < -0.3 is 5.73 Å². The molecule has 0 aliphatic rings. The number of nitrogens with two attached hydrogens (primary N) is 1. The maximum Gasteiger partial charge on any atom is 0.172 e. The normalized spacial score (nSPS) is 10.7. The molecular weight excluding hydrogens is 381 g/mol. The van der Waals surface area contributed by atoms with Crippen molar-refractivity contribution in [2.45, 2.75) is 6.92 Å². The van der Waals surface area contributed by atoms with Gasteiger partial charge in [0, 0.05) is 10.4 Å². The van der Waals surface area contributed by atoms with E-state index in [1.165, 1.54) is 4.88 Å². The van der Waals surface area contributed by atoms with Crippen LogP contribution < -0.4 is 5.73 Å². The van der Waals surface area contributed by atoms with Gasteiger partial charge in [-0.2, -0.15) is 0 Å². The van der Waals surface area contributed by atoms with Crippen molar-refractivity contribution in [3.05, 3.63) is 50.9 Å². The zero-order valence-electron chi connectivity index (χ0n) is 10.8. The smallest absolute Gasteiger partial charge is 0.172 e. The highest BCUT2D eigenvalue weighted by molar-refractivity contribution is 14.1. The number of benzene rings is 1. The van der Waals surface area contributed by atoms with E-state index in [2.05, 4.69) is 40.6 Å². The van der Waals surface area contributed by atoms with E-state index in [0.29, 0.717) is 11.6 Å². The Morgan fingerprint density at radius 1 is 1.05 bits per heavy atom. The Kier molecular flexibility index (Phi) is 3.71. The van der Waals surface area contributed by atoms with Crippen molar-refractivity contribution in [3.8, 4) is 22.0 Å². The average Bonchev–Trinajstić information content (AvgIpc) is 2.89. The van der Waals surface area contributed by atoms with Gasteiger partial charge in [-0.25, -0.2) is 9.97 Å². The maximum absolute atomic E-state index is 6.05. The minimum absolute atomic E-state index is 0.528. The molecule has 0 aliphatic carbocycles. The molecule has 3 rings (SSSR count). The van der Waals surface area contributed by atoms with Gasteiger partial charge in [0.05, 0.1) is 14.1 Å². The van der Waals surface area contributed by atoms with Crippen LogP contribution in [0.1, 0.15) is 4.88 Å². The maximum atomic E-state index is 6.05. The summed E-state index contributed by atoms with van der Waals surface area (Å²) < 4.78 is 0.894. The monoisotopic (exact) mass is 393 g/mol. The lowest BCUT2D eigenvalue weighted by molar-refractivity contribution is 1.18. The first-order valence-electron chi connectivity index (χ1n) is 6.10. The largest absolute Gasteiger partial charge is 0.383 e. The fraction of sp³-hybridized carbons (Fsp3) is 0.0667. The van der Waals surface area contributed by atoms with Gasteiger partial charge in [-0.1, -0.05) is 30.3 Å².